The van der Waals surface area contributed by atoms with Crippen molar-refractivity contribution in [1.29, 1.82) is 0 Å². The molecule has 7 nitrogen and oxygen atoms in total. The molecule has 0 rings (SSSR count). The highest BCUT2D eigenvalue weighted by Gasteiger charge is 2.21. The smallest absolute Gasteiger partial charge is 0.326 e. The van der Waals surface area contributed by atoms with E-state index in [1.54, 1.807) is 0 Å². The van der Waals surface area contributed by atoms with Gasteiger partial charge in [0.2, 0.25) is 11.8 Å². The Balaban J connectivity index is 4.20. The molecule has 6 N–H and O–H groups in total. The van der Waals surface area contributed by atoms with Crippen molar-refractivity contribution in [3.05, 3.63) is 0 Å². The van der Waals surface area contributed by atoms with Gasteiger partial charge in [0.15, 0.2) is 0 Å². The van der Waals surface area contributed by atoms with Gasteiger partial charge in [-0.2, -0.15) is 0 Å². The quantitative estimate of drug-likeness (QED) is 0.432. The van der Waals surface area contributed by atoms with Crippen LogP contribution in [0.4, 0.5) is 0 Å². The number of hydrogen-bond donors (Lipinski definition) is 4. The number of carbonyl (C=O) groups excluding carboxylic acids is 2. The second-order valence-corrected chi connectivity index (χ2v) is 3.84. The van der Waals surface area contributed by atoms with Crippen LogP contribution in [0.15, 0.2) is 0 Å². The first-order valence-corrected chi connectivity index (χ1v) is 5.42. The number of carboxylic acid groups (broad SMARTS) is 1. The first-order valence-electron chi connectivity index (χ1n) is 5.42. The predicted octanol–water partition coefficient (Wildman–Crippen LogP) is -1.05. The highest BCUT2D eigenvalue weighted by Crippen LogP contribution is 2.00. The molecule has 0 fully saturated rings. The zero-order valence-corrected chi connectivity index (χ0v) is 9.81. The molecule has 0 aliphatic carbocycles. The van der Waals surface area contributed by atoms with Crippen LogP contribution in [-0.2, 0) is 14.4 Å². The molecule has 0 aromatic rings. The zero-order valence-electron chi connectivity index (χ0n) is 9.81. The van der Waals surface area contributed by atoms with Crippen molar-refractivity contribution in [2.45, 2.75) is 44.7 Å². The van der Waals surface area contributed by atoms with Gasteiger partial charge in [-0.15, -0.1) is 0 Å². The Hall–Kier alpha value is -1.63. The van der Waals surface area contributed by atoms with E-state index in [4.69, 9.17) is 16.6 Å². The van der Waals surface area contributed by atoms with Crippen LogP contribution in [0.5, 0.6) is 0 Å². The van der Waals surface area contributed by atoms with Crippen molar-refractivity contribution in [3.63, 3.8) is 0 Å². The minimum atomic E-state index is -1.19. The van der Waals surface area contributed by atoms with Crippen LogP contribution in [0.2, 0.25) is 0 Å². The van der Waals surface area contributed by atoms with E-state index in [2.05, 4.69) is 5.32 Å². The van der Waals surface area contributed by atoms with E-state index in [-0.39, 0.29) is 25.3 Å². The predicted molar refractivity (Wildman–Crippen MR) is 60.9 cm³/mol. The number of carbonyl (C=O) groups is 3. The van der Waals surface area contributed by atoms with E-state index >= 15 is 0 Å². The van der Waals surface area contributed by atoms with Gasteiger partial charge in [-0.05, 0) is 12.8 Å². The molecule has 0 saturated heterocycles. The van der Waals surface area contributed by atoms with Crippen molar-refractivity contribution < 1.29 is 19.5 Å². The first-order chi connectivity index (χ1) is 7.86. The Labute approximate surface area is 99.5 Å². The molecule has 0 aromatic heterocycles. The molecule has 1 unspecified atom stereocenters. The molecule has 0 aliphatic rings. The number of nitrogens with one attached hydrogen (secondary N) is 1. The maximum Gasteiger partial charge on any atom is 0.326 e. The van der Waals surface area contributed by atoms with Gasteiger partial charge in [-0.3, -0.25) is 9.59 Å². The number of nitrogens with two attached hydrogens (primary N) is 2. The summed E-state index contributed by atoms with van der Waals surface area (Å²) in [5, 5.41) is 11.1. The third-order valence-electron chi connectivity index (χ3n) is 2.28. The summed E-state index contributed by atoms with van der Waals surface area (Å²) in [4.78, 5) is 32.7. The van der Waals surface area contributed by atoms with Gasteiger partial charge in [-0.25, -0.2) is 4.79 Å². The molecule has 0 aromatic carbocycles. The first kappa shape index (κ1) is 15.4. The molecular weight excluding hydrogens is 226 g/mol. The Kier molecular flexibility index (Phi) is 6.88. The Morgan fingerprint density at radius 1 is 1.35 bits per heavy atom. The van der Waals surface area contributed by atoms with Crippen LogP contribution in [-0.4, -0.2) is 35.0 Å². The number of rotatable bonds is 8. The fourth-order valence-electron chi connectivity index (χ4n) is 1.18. The number of hydrogen-bond acceptors (Lipinski definition) is 4. The van der Waals surface area contributed by atoms with Crippen LogP contribution >= 0.6 is 0 Å². The highest BCUT2D eigenvalue weighted by atomic mass is 16.4. The number of primary amides is 1. The van der Waals surface area contributed by atoms with E-state index < -0.39 is 23.8 Å². The fourth-order valence-corrected chi connectivity index (χ4v) is 1.18. The minimum absolute atomic E-state index is 0.0161. The van der Waals surface area contributed by atoms with Crippen molar-refractivity contribution in [3.8, 4) is 0 Å². The van der Waals surface area contributed by atoms with Crippen molar-refractivity contribution in [2.75, 3.05) is 0 Å². The van der Waals surface area contributed by atoms with E-state index in [9.17, 15) is 14.4 Å². The Morgan fingerprint density at radius 3 is 2.35 bits per heavy atom. The van der Waals surface area contributed by atoms with E-state index in [0.29, 0.717) is 6.42 Å². The maximum atomic E-state index is 11.4. The zero-order chi connectivity index (χ0) is 13.4. The molecule has 2 atom stereocenters. The van der Waals surface area contributed by atoms with Gasteiger partial charge < -0.3 is 21.9 Å². The van der Waals surface area contributed by atoms with Gasteiger partial charge in [0.05, 0.1) is 0 Å². The third kappa shape index (κ3) is 7.29. The number of aliphatic carboxylic acids is 1. The molecule has 0 radical (unpaired) electrons. The lowest BCUT2D eigenvalue weighted by atomic mass is 10.1. The summed E-state index contributed by atoms with van der Waals surface area (Å²) in [6, 6.07) is -1.39. The summed E-state index contributed by atoms with van der Waals surface area (Å²) in [5.41, 5.74) is 10.5. The van der Waals surface area contributed by atoms with Crippen LogP contribution in [0, 0.1) is 0 Å². The second kappa shape index (κ2) is 7.61. The van der Waals surface area contributed by atoms with Crippen LogP contribution in [0.3, 0.4) is 0 Å². The third-order valence-corrected chi connectivity index (χ3v) is 2.28. The molecule has 98 valence electrons. The Bertz CT molecular complexity index is 293. The summed E-state index contributed by atoms with van der Waals surface area (Å²) >= 11 is 0. The van der Waals surface area contributed by atoms with Crippen LogP contribution < -0.4 is 16.8 Å². The number of amides is 2. The van der Waals surface area contributed by atoms with Gasteiger partial charge in [-0.1, -0.05) is 6.92 Å². The topological polar surface area (TPSA) is 136 Å². The maximum absolute atomic E-state index is 11.4. The fraction of sp³-hybridized carbons (Fsp3) is 0.700. The van der Waals surface area contributed by atoms with E-state index in [0.717, 1.165) is 0 Å². The van der Waals surface area contributed by atoms with Gasteiger partial charge in [0, 0.05) is 18.9 Å². The normalized spacial score (nSPS) is 13.8. The largest absolute Gasteiger partial charge is 0.480 e. The average Bonchev–Trinajstić information content (AvgIpc) is 2.23. The van der Waals surface area contributed by atoms with E-state index in [1.165, 1.54) is 0 Å². The highest BCUT2D eigenvalue weighted by molar-refractivity contribution is 5.84. The Morgan fingerprint density at radius 2 is 1.94 bits per heavy atom. The molecule has 0 bridgehead atoms. The lowest BCUT2D eigenvalue weighted by Crippen LogP contribution is -2.43. The SMILES string of the molecule is CCC(N)CC(=O)N[C@H](CCC(N)=O)C(=O)O. The molecule has 17 heavy (non-hydrogen) atoms. The van der Waals surface area contributed by atoms with Crippen molar-refractivity contribution >= 4 is 17.8 Å². The molecule has 0 heterocycles. The van der Waals surface area contributed by atoms with E-state index in [1.807, 2.05) is 6.92 Å². The van der Waals surface area contributed by atoms with Crippen LogP contribution in [0.1, 0.15) is 32.6 Å². The lowest BCUT2D eigenvalue weighted by Gasteiger charge is -2.15. The van der Waals surface area contributed by atoms with Gasteiger partial charge in [0.1, 0.15) is 6.04 Å². The average molecular weight is 245 g/mol. The summed E-state index contributed by atoms with van der Waals surface area (Å²) in [6.45, 7) is 1.83. The van der Waals surface area contributed by atoms with Crippen LogP contribution in [0.25, 0.3) is 0 Å². The van der Waals surface area contributed by atoms with Crippen molar-refractivity contribution in [1.82, 2.24) is 5.32 Å². The molecule has 0 spiro atoms. The van der Waals surface area contributed by atoms with Gasteiger partial charge in [0.25, 0.3) is 0 Å². The summed E-state index contributed by atoms with van der Waals surface area (Å²) in [7, 11) is 0. The minimum Gasteiger partial charge on any atom is -0.480 e. The standard InChI is InChI=1S/C10H19N3O4/c1-2-6(11)5-9(15)13-7(10(16)17)3-4-8(12)14/h6-7H,2-5,11H2,1H3,(H2,12,14)(H,13,15)(H,16,17)/t6?,7-/m1/s1. The monoisotopic (exact) mass is 245 g/mol. The molecule has 0 saturated carbocycles. The summed E-state index contributed by atoms with van der Waals surface area (Å²) in [6.07, 6.45) is 0.595. The molecular formula is C10H19N3O4. The molecule has 0 aliphatic heterocycles. The summed E-state index contributed by atoms with van der Waals surface area (Å²) < 4.78 is 0. The molecule has 7 heteroatoms. The van der Waals surface area contributed by atoms with Gasteiger partial charge >= 0.3 is 5.97 Å². The lowest BCUT2D eigenvalue weighted by molar-refractivity contribution is -0.142. The second-order valence-electron chi connectivity index (χ2n) is 3.84. The summed E-state index contributed by atoms with van der Waals surface area (Å²) in [5.74, 6) is -2.23. The molecule has 2 amide bonds. The van der Waals surface area contributed by atoms with Crippen molar-refractivity contribution in [2.24, 2.45) is 11.5 Å². The number of carboxylic acids is 1.